The van der Waals surface area contributed by atoms with Gasteiger partial charge in [-0.25, -0.2) is 0 Å². The first-order valence-electron chi connectivity index (χ1n) is 7.29. The summed E-state index contributed by atoms with van der Waals surface area (Å²) in [6, 6.07) is 8.20. The quantitative estimate of drug-likeness (QED) is 0.735. The molecule has 0 radical (unpaired) electrons. The second kappa shape index (κ2) is 8.37. The van der Waals surface area contributed by atoms with Crippen molar-refractivity contribution >= 4 is 0 Å². The van der Waals surface area contributed by atoms with Crippen LogP contribution in [0.3, 0.4) is 0 Å². The van der Waals surface area contributed by atoms with Crippen molar-refractivity contribution in [2.45, 2.75) is 19.6 Å². The van der Waals surface area contributed by atoms with Crippen molar-refractivity contribution in [2.75, 3.05) is 40.0 Å². The molecule has 0 saturated carbocycles. The molecule has 0 spiro atoms. The molecular formula is C16H25NO3. The molecule has 112 valence electrons. The van der Waals surface area contributed by atoms with Crippen LogP contribution in [0.1, 0.15) is 17.5 Å². The van der Waals surface area contributed by atoms with Crippen LogP contribution in [0.2, 0.25) is 0 Å². The molecule has 1 unspecified atom stereocenters. The third kappa shape index (κ3) is 4.87. The summed E-state index contributed by atoms with van der Waals surface area (Å²) in [7, 11) is 1.70. The molecule has 1 heterocycles. The van der Waals surface area contributed by atoms with Crippen molar-refractivity contribution in [2.24, 2.45) is 5.92 Å². The van der Waals surface area contributed by atoms with Gasteiger partial charge in [-0.1, -0.05) is 24.3 Å². The Bertz CT molecular complexity index is 380. The minimum absolute atomic E-state index is 0.116. The molecule has 1 aliphatic heterocycles. The van der Waals surface area contributed by atoms with E-state index in [9.17, 15) is 0 Å². The van der Waals surface area contributed by atoms with Crippen LogP contribution in [-0.2, 0) is 22.6 Å². The summed E-state index contributed by atoms with van der Waals surface area (Å²) in [6.45, 7) is 5.55. The van der Waals surface area contributed by atoms with Gasteiger partial charge in [0.1, 0.15) is 0 Å². The Morgan fingerprint density at radius 1 is 1.20 bits per heavy atom. The number of rotatable bonds is 8. The second-order valence-electron chi connectivity index (χ2n) is 5.43. The van der Waals surface area contributed by atoms with E-state index < -0.39 is 0 Å². The van der Waals surface area contributed by atoms with Crippen molar-refractivity contribution < 1.29 is 14.6 Å². The topological polar surface area (TPSA) is 41.9 Å². The van der Waals surface area contributed by atoms with Gasteiger partial charge in [0.05, 0.1) is 26.4 Å². The van der Waals surface area contributed by atoms with Gasteiger partial charge < -0.3 is 14.6 Å². The zero-order chi connectivity index (χ0) is 14.2. The largest absolute Gasteiger partial charge is 0.392 e. The summed E-state index contributed by atoms with van der Waals surface area (Å²) >= 11 is 0. The maximum absolute atomic E-state index is 9.03. The van der Waals surface area contributed by atoms with Crippen molar-refractivity contribution in [3.8, 4) is 0 Å². The molecular weight excluding hydrogens is 254 g/mol. The van der Waals surface area contributed by atoms with E-state index in [2.05, 4.69) is 17.0 Å². The molecule has 0 bridgehead atoms. The molecule has 0 aromatic heterocycles. The Morgan fingerprint density at radius 2 is 1.95 bits per heavy atom. The Kier molecular flexibility index (Phi) is 6.47. The highest BCUT2D eigenvalue weighted by Crippen LogP contribution is 2.19. The van der Waals surface area contributed by atoms with Crippen LogP contribution in [0.15, 0.2) is 24.3 Å². The van der Waals surface area contributed by atoms with Gasteiger partial charge in [0.25, 0.3) is 0 Å². The first-order chi connectivity index (χ1) is 9.81. The normalized spacial score (nSPS) is 19.6. The second-order valence-corrected chi connectivity index (χ2v) is 5.43. The van der Waals surface area contributed by atoms with Crippen molar-refractivity contribution in [3.05, 3.63) is 35.4 Å². The SMILES string of the molecule is COCCOCC1CCN(Cc2ccc(CO)cc2)C1. The van der Waals surface area contributed by atoms with E-state index in [1.165, 1.54) is 12.0 Å². The smallest absolute Gasteiger partial charge is 0.0700 e. The molecule has 0 aliphatic carbocycles. The van der Waals surface area contributed by atoms with Crippen LogP contribution < -0.4 is 0 Å². The standard InChI is InChI=1S/C16H25NO3/c1-19-8-9-20-13-16-6-7-17(11-16)10-14-2-4-15(12-18)5-3-14/h2-5,16,18H,6-13H2,1H3. The molecule has 20 heavy (non-hydrogen) atoms. The highest BCUT2D eigenvalue weighted by Gasteiger charge is 2.22. The van der Waals surface area contributed by atoms with Gasteiger partial charge in [-0.2, -0.15) is 0 Å². The lowest BCUT2D eigenvalue weighted by atomic mass is 10.1. The molecule has 4 heteroatoms. The maximum atomic E-state index is 9.03. The van der Waals surface area contributed by atoms with Crippen LogP contribution in [0, 0.1) is 5.92 Å². The minimum Gasteiger partial charge on any atom is -0.392 e. The van der Waals surface area contributed by atoms with E-state index in [1.807, 2.05) is 12.1 Å². The van der Waals surface area contributed by atoms with E-state index in [4.69, 9.17) is 14.6 Å². The van der Waals surface area contributed by atoms with E-state index in [-0.39, 0.29) is 6.61 Å². The van der Waals surface area contributed by atoms with Crippen molar-refractivity contribution in [1.82, 2.24) is 4.90 Å². The highest BCUT2D eigenvalue weighted by atomic mass is 16.5. The molecule has 1 aliphatic rings. The lowest BCUT2D eigenvalue weighted by Gasteiger charge is -2.16. The average Bonchev–Trinajstić information content (AvgIpc) is 2.92. The van der Waals surface area contributed by atoms with Crippen LogP contribution in [0.4, 0.5) is 0 Å². The summed E-state index contributed by atoms with van der Waals surface area (Å²) in [4.78, 5) is 2.47. The number of aliphatic hydroxyl groups is 1. The number of aliphatic hydroxyl groups excluding tert-OH is 1. The third-order valence-electron chi connectivity index (χ3n) is 3.77. The summed E-state index contributed by atoms with van der Waals surface area (Å²) in [5, 5.41) is 9.03. The average molecular weight is 279 g/mol. The zero-order valence-electron chi connectivity index (χ0n) is 12.3. The fraction of sp³-hybridized carbons (Fsp3) is 0.625. The van der Waals surface area contributed by atoms with Gasteiger partial charge in [0, 0.05) is 20.2 Å². The number of nitrogens with zero attached hydrogens (tertiary/aromatic N) is 1. The molecule has 1 N–H and O–H groups in total. The summed E-state index contributed by atoms with van der Waals surface area (Å²) in [6.07, 6.45) is 1.21. The van der Waals surface area contributed by atoms with Crippen LogP contribution in [0.5, 0.6) is 0 Å². The predicted molar refractivity (Wildman–Crippen MR) is 78.4 cm³/mol. The lowest BCUT2D eigenvalue weighted by Crippen LogP contribution is -2.21. The van der Waals surface area contributed by atoms with Gasteiger partial charge in [0.2, 0.25) is 0 Å². The summed E-state index contributed by atoms with van der Waals surface area (Å²) < 4.78 is 10.6. The van der Waals surface area contributed by atoms with Crippen LogP contribution in [-0.4, -0.2) is 50.0 Å². The first-order valence-corrected chi connectivity index (χ1v) is 7.29. The fourth-order valence-electron chi connectivity index (χ4n) is 2.59. The third-order valence-corrected chi connectivity index (χ3v) is 3.77. The van der Waals surface area contributed by atoms with Gasteiger partial charge >= 0.3 is 0 Å². The van der Waals surface area contributed by atoms with Crippen LogP contribution >= 0.6 is 0 Å². The molecule has 4 nitrogen and oxygen atoms in total. The van der Waals surface area contributed by atoms with Gasteiger partial charge in [-0.05, 0) is 30.0 Å². The molecule has 2 rings (SSSR count). The molecule has 1 aromatic rings. The maximum Gasteiger partial charge on any atom is 0.0700 e. The van der Waals surface area contributed by atoms with Crippen molar-refractivity contribution in [1.29, 1.82) is 0 Å². The van der Waals surface area contributed by atoms with E-state index in [0.29, 0.717) is 19.1 Å². The fourth-order valence-corrected chi connectivity index (χ4v) is 2.59. The lowest BCUT2D eigenvalue weighted by molar-refractivity contribution is 0.0525. The van der Waals surface area contributed by atoms with Gasteiger partial charge in [-0.3, -0.25) is 4.90 Å². The molecule has 1 atom stereocenters. The number of hydrogen-bond acceptors (Lipinski definition) is 4. The van der Waals surface area contributed by atoms with E-state index in [0.717, 1.165) is 31.8 Å². The highest BCUT2D eigenvalue weighted by molar-refractivity contribution is 5.21. The minimum atomic E-state index is 0.116. The van der Waals surface area contributed by atoms with Gasteiger partial charge in [-0.15, -0.1) is 0 Å². The number of ether oxygens (including phenoxy) is 2. The Morgan fingerprint density at radius 3 is 2.65 bits per heavy atom. The van der Waals surface area contributed by atoms with E-state index >= 15 is 0 Å². The number of benzene rings is 1. The summed E-state index contributed by atoms with van der Waals surface area (Å²) in [5.41, 5.74) is 2.28. The molecule has 1 aromatic carbocycles. The zero-order valence-corrected chi connectivity index (χ0v) is 12.3. The van der Waals surface area contributed by atoms with E-state index in [1.54, 1.807) is 7.11 Å². The Balaban J connectivity index is 1.69. The molecule has 1 saturated heterocycles. The monoisotopic (exact) mass is 279 g/mol. The summed E-state index contributed by atoms with van der Waals surface area (Å²) in [5.74, 6) is 0.642. The van der Waals surface area contributed by atoms with Crippen molar-refractivity contribution in [3.63, 3.8) is 0 Å². The predicted octanol–water partition coefficient (Wildman–Crippen LogP) is 1.66. The van der Waals surface area contributed by atoms with Crippen LogP contribution in [0.25, 0.3) is 0 Å². The Labute approximate surface area is 121 Å². The number of methoxy groups -OCH3 is 1. The number of likely N-dealkylation sites (tertiary alicyclic amines) is 1. The molecule has 0 amide bonds. The van der Waals surface area contributed by atoms with Gasteiger partial charge in [0.15, 0.2) is 0 Å². The molecule has 1 fully saturated rings. The number of hydrogen-bond donors (Lipinski definition) is 1. The Hall–Kier alpha value is -0.940. The first kappa shape index (κ1) is 15.4.